The van der Waals surface area contributed by atoms with Crippen molar-refractivity contribution in [2.75, 3.05) is 7.11 Å². The third-order valence-corrected chi connectivity index (χ3v) is 2.60. The summed E-state index contributed by atoms with van der Waals surface area (Å²) in [6.45, 7) is 1.55. The fraction of sp³-hybridized carbons (Fsp3) is 0.400. The zero-order valence-electron chi connectivity index (χ0n) is 8.76. The molecule has 0 aromatic carbocycles. The molecular weight excluding hydrogens is 284 g/mol. The number of hydrogen-bond donors (Lipinski definition) is 0. The Morgan fingerprint density at radius 3 is 2.69 bits per heavy atom. The van der Waals surface area contributed by atoms with Crippen LogP contribution in [0.1, 0.15) is 33.7 Å². The van der Waals surface area contributed by atoms with Crippen LogP contribution < -0.4 is 0 Å². The predicted molar refractivity (Wildman–Crippen MR) is 57.9 cm³/mol. The standard InChI is InChI=1S/C10H10BrF2NO2/c1-5-3-6(9(12)13)7(4-11)8(14-5)10(15)16-2/h3,9H,4H2,1-2H3. The van der Waals surface area contributed by atoms with E-state index in [1.807, 2.05) is 0 Å². The minimum atomic E-state index is -2.64. The van der Waals surface area contributed by atoms with Crippen LogP contribution in [0.4, 0.5) is 8.78 Å². The Labute approximate surface area is 99.9 Å². The molecule has 0 saturated carbocycles. The van der Waals surface area contributed by atoms with Crippen LogP contribution in [0.2, 0.25) is 0 Å². The first-order valence-corrected chi connectivity index (χ1v) is 5.56. The number of rotatable bonds is 3. The van der Waals surface area contributed by atoms with Gasteiger partial charge in [0.1, 0.15) is 0 Å². The van der Waals surface area contributed by atoms with Crippen molar-refractivity contribution in [3.8, 4) is 0 Å². The Bertz CT molecular complexity index is 410. The van der Waals surface area contributed by atoms with E-state index in [1.54, 1.807) is 6.92 Å². The first-order valence-electron chi connectivity index (χ1n) is 4.44. The number of nitrogens with zero attached hydrogens (tertiary/aromatic N) is 1. The summed E-state index contributed by atoms with van der Waals surface area (Å²) in [6.07, 6.45) is -2.64. The molecule has 0 saturated heterocycles. The van der Waals surface area contributed by atoms with Gasteiger partial charge >= 0.3 is 5.97 Å². The van der Waals surface area contributed by atoms with E-state index in [0.717, 1.165) is 0 Å². The maximum Gasteiger partial charge on any atom is 0.356 e. The van der Waals surface area contributed by atoms with Crippen molar-refractivity contribution in [3.05, 3.63) is 28.6 Å². The summed E-state index contributed by atoms with van der Waals surface area (Å²) in [5.74, 6) is -0.708. The normalized spacial score (nSPS) is 10.6. The highest BCUT2D eigenvalue weighted by Crippen LogP contribution is 2.27. The summed E-state index contributed by atoms with van der Waals surface area (Å²) in [7, 11) is 1.19. The number of ether oxygens (including phenoxy) is 1. The van der Waals surface area contributed by atoms with Crippen molar-refractivity contribution in [1.29, 1.82) is 0 Å². The maximum absolute atomic E-state index is 12.7. The third-order valence-electron chi connectivity index (χ3n) is 2.03. The molecule has 0 amide bonds. The van der Waals surface area contributed by atoms with E-state index in [-0.39, 0.29) is 22.2 Å². The van der Waals surface area contributed by atoms with Crippen molar-refractivity contribution in [3.63, 3.8) is 0 Å². The van der Waals surface area contributed by atoms with Crippen molar-refractivity contribution < 1.29 is 18.3 Å². The number of pyridine rings is 1. The lowest BCUT2D eigenvalue weighted by atomic mass is 10.1. The SMILES string of the molecule is COC(=O)c1nc(C)cc(C(F)F)c1CBr. The van der Waals surface area contributed by atoms with Gasteiger partial charge in [0.25, 0.3) is 6.43 Å². The molecule has 3 nitrogen and oxygen atoms in total. The van der Waals surface area contributed by atoms with E-state index >= 15 is 0 Å². The summed E-state index contributed by atoms with van der Waals surface area (Å²) < 4.78 is 30.0. The van der Waals surface area contributed by atoms with E-state index in [2.05, 4.69) is 25.7 Å². The van der Waals surface area contributed by atoms with Crippen LogP contribution in [0.25, 0.3) is 0 Å². The summed E-state index contributed by atoms with van der Waals surface area (Å²) >= 11 is 3.07. The zero-order valence-corrected chi connectivity index (χ0v) is 10.3. The molecule has 88 valence electrons. The molecule has 16 heavy (non-hydrogen) atoms. The molecule has 0 radical (unpaired) electrons. The number of halogens is 3. The molecule has 0 bridgehead atoms. The average molecular weight is 294 g/mol. The lowest BCUT2D eigenvalue weighted by Gasteiger charge is -2.11. The first kappa shape index (κ1) is 13.0. The monoisotopic (exact) mass is 293 g/mol. The number of aryl methyl sites for hydroxylation is 1. The van der Waals surface area contributed by atoms with Gasteiger partial charge < -0.3 is 4.74 Å². The van der Waals surface area contributed by atoms with E-state index in [4.69, 9.17) is 0 Å². The van der Waals surface area contributed by atoms with Crippen LogP contribution in [0.3, 0.4) is 0 Å². The van der Waals surface area contributed by atoms with Crippen LogP contribution in [-0.2, 0) is 10.1 Å². The summed E-state index contributed by atoms with van der Waals surface area (Å²) in [6, 6.07) is 1.27. The lowest BCUT2D eigenvalue weighted by Crippen LogP contribution is -2.11. The van der Waals surface area contributed by atoms with Crippen LogP contribution in [0.15, 0.2) is 6.07 Å². The van der Waals surface area contributed by atoms with E-state index in [1.165, 1.54) is 13.2 Å². The maximum atomic E-state index is 12.7. The first-order chi connectivity index (χ1) is 7.51. The predicted octanol–water partition coefficient (Wildman–Crippen LogP) is 3.01. The van der Waals surface area contributed by atoms with Crippen molar-refractivity contribution in [2.45, 2.75) is 18.7 Å². The second kappa shape index (κ2) is 5.34. The molecule has 6 heteroatoms. The molecule has 0 spiro atoms. The van der Waals surface area contributed by atoms with Crippen LogP contribution in [0, 0.1) is 6.92 Å². The molecular formula is C10H10BrF2NO2. The molecule has 0 aliphatic heterocycles. The molecule has 0 atom stereocenters. The Kier molecular flexibility index (Phi) is 4.35. The van der Waals surface area contributed by atoms with Gasteiger partial charge in [-0.15, -0.1) is 0 Å². The van der Waals surface area contributed by atoms with Gasteiger partial charge in [0.2, 0.25) is 0 Å². The Morgan fingerprint density at radius 2 is 2.25 bits per heavy atom. The largest absolute Gasteiger partial charge is 0.464 e. The average Bonchev–Trinajstić information content (AvgIpc) is 2.26. The van der Waals surface area contributed by atoms with Gasteiger partial charge in [-0.05, 0) is 13.0 Å². The van der Waals surface area contributed by atoms with E-state index in [0.29, 0.717) is 5.69 Å². The van der Waals surface area contributed by atoms with Gasteiger partial charge in [-0.2, -0.15) is 0 Å². The van der Waals surface area contributed by atoms with Crippen LogP contribution in [-0.4, -0.2) is 18.1 Å². The van der Waals surface area contributed by atoms with E-state index < -0.39 is 12.4 Å². The minimum absolute atomic E-state index is 0.0605. The molecule has 1 aromatic heterocycles. The van der Waals surface area contributed by atoms with Gasteiger partial charge in [-0.3, -0.25) is 0 Å². The zero-order chi connectivity index (χ0) is 12.3. The number of esters is 1. The molecule has 0 aliphatic carbocycles. The van der Waals surface area contributed by atoms with Gasteiger partial charge in [-0.25, -0.2) is 18.6 Å². The molecule has 0 N–H and O–H groups in total. The summed E-state index contributed by atoms with van der Waals surface area (Å²) in [5.41, 5.74) is 0.285. The lowest BCUT2D eigenvalue weighted by molar-refractivity contribution is 0.0592. The summed E-state index contributed by atoms with van der Waals surface area (Å²) in [4.78, 5) is 15.3. The number of aromatic nitrogens is 1. The second-order valence-electron chi connectivity index (χ2n) is 3.11. The van der Waals surface area contributed by atoms with Gasteiger partial charge in [-0.1, -0.05) is 15.9 Å². The molecule has 0 aliphatic rings. The molecule has 1 aromatic rings. The topological polar surface area (TPSA) is 39.2 Å². The smallest absolute Gasteiger partial charge is 0.356 e. The second-order valence-corrected chi connectivity index (χ2v) is 3.67. The van der Waals surface area contributed by atoms with Crippen LogP contribution >= 0.6 is 15.9 Å². The number of alkyl halides is 3. The van der Waals surface area contributed by atoms with Crippen molar-refractivity contribution in [2.24, 2.45) is 0 Å². The summed E-state index contributed by atoms with van der Waals surface area (Å²) in [5, 5.41) is 0.129. The molecule has 1 heterocycles. The minimum Gasteiger partial charge on any atom is -0.464 e. The fourth-order valence-corrected chi connectivity index (χ4v) is 1.91. The number of methoxy groups -OCH3 is 1. The van der Waals surface area contributed by atoms with Gasteiger partial charge in [0.15, 0.2) is 5.69 Å². The quantitative estimate of drug-likeness (QED) is 0.635. The highest BCUT2D eigenvalue weighted by Gasteiger charge is 2.21. The number of hydrogen-bond acceptors (Lipinski definition) is 3. The number of carbonyl (C=O) groups is 1. The molecule has 0 fully saturated rings. The van der Waals surface area contributed by atoms with Crippen molar-refractivity contribution >= 4 is 21.9 Å². The van der Waals surface area contributed by atoms with Gasteiger partial charge in [0, 0.05) is 22.2 Å². The van der Waals surface area contributed by atoms with E-state index in [9.17, 15) is 13.6 Å². The highest BCUT2D eigenvalue weighted by molar-refractivity contribution is 9.08. The Morgan fingerprint density at radius 1 is 1.62 bits per heavy atom. The Hall–Kier alpha value is -1.04. The van der Waals surface area contributed by atoms with Crippen molar-refractivity contribution in [1.82, 2.24) is 4.98 Å². The third kappa shape index (κ3) is 2.55. The molecule has 0 unspecified atom stereocenters. The fourth-order valence-electron chi connectivity index (χ4n) is 1.33. The van der Waals surface area contributed by atoms with Gasteiger partial charge in [0.05, 0.1) is 7.11 Å². The van der Waals surface area contributed by atoms with Crippen LogP contribution in [0.5, 0.6) is 0 Å². The molecule has 1 rings (SSSR count). The number of carbonyl (C=O) groups excluding carboxylic acids is 1. The Balaban J connectivity index is 3.41. The highest BCUT2D eigenvalue weighted by atomic mass is 79.9.